The van der Waals surface area contributed by atoms with Gasteiger partial charge in [-0.05, 0) is 77.2 Å². The molecular formula is C44H60F2N6O9S. The molecule has 0 bridgehead atoms. The highest BCUT2D eigenvalue weighted by Gasteiger charge is 2.63. The van der Waals surface area contributed by atoms with E-state index in [0.29, 0.717) is 77.1 Å². The molecule has 0 radical (unpaired) electrons. The number of carbonyl (C=O) groups is 4. The number of aromatic nitrogens is 1. The molecule has 3 aliphatic heterocycles. The van der Waals surface area contributed by atoms with Crippen LogP contribution in [0.1, 0.15) is 92.9 Å². The standard InChI is InChI=1S/C44H60F2N6O9S/c1-7-28-22-27(2)12-8-9-13-29-24-44(29,39(55)50-62(57,58)42(5)16-17-42)49-36(53)33-23-30(26-52(33)38(54)35(28)48-40(56)61-41(3,4)43(6,45)46)60-37-32-15-11-10-14-31(32)34(25-47-37)51-18-20-59-21-19-51/h9-11,13-15,25,27-30,33,35H,7-8,12,16-24,26H2,1-6H3,(H,48,56)(H,49,53)(H,50,55). The van der Waals surface area contributed by atoms with Crippen molar-refractivity contribution in [3.63, 3.8) is 0 Å². The first-order valence-electron chi connectivity index (χ1n) is 21.8. The summed E-state index contributed by atoms with van der Waals surface area (Å²) in [5.41, 5.74) is -2.92. The molecule has 340 valence electrons. The van der Waals surface area contributed by atoms with Crippen LogP contribution in [0.2, 0.25) is 0 Å². The highest BCUT2D eigenvalue weighted by Crippen LogP contribution is 2.48. The van der Waals surface area contributed by atoms with E-state index in [1.54, 1.807) is 13.1 Å². The van der Waals surface area contributed by atoms with Gasteiger partial charge in [0.2, 0.25) is 27.7 Å². The Morgan fingerprint density at radius 2 is 1.77 bits per heavy atom. The summed E-state index contributed by atoms with van der Waals surface area (Å²) in [5, 5.41) is 7.10. The third-order valence-corrected chi connectivity index (χ3v) is 15.8. The van der Waals surface area contributed by atoms with Crippen molar-refractivity contribution in [2.24, 2.45) is 17.8 Å². The number of hydrogen-bond donors (Lipinski definition) is 3. The number of alkyl carbamates (subject to hydrolysis) is 1. The van der Waals surface area contributed by atoms with E-state index in [-0.39, 0.29) is 31.2 Å². The molecule has 2 saturated heterocycles. The van der Waals surface area contributed by atoms with Gasteiger partial charge in [0, 0.05) is 43.1 Å². The number of morpholine rings is 1. The van der Waals surface area contributed by atoms with Gasteiger partial charge in [-0.3, -0.25) is 19.1 Å². The zero-order valence-electron chi connectivity index (χ0n) is 36.4. The van der Waals surface area contributed by atoms with Gasteiger partial charge in [-0.1, -0.05) is 50.6 Å². The van der Waals surface area contributed by atoms with Gasteiger partial charge < -0.3 is 34.6 Å². The third-order valence-electron chi connectivity index (χ3n) is 13.7. The molecule has 0 spiro atoms. The van der Waals surface area contributed by atoms with Crippen LogP contribution in [0.5, 0.6) is 5.88 Å². The minimum absolute atomic E-state index is 0.0287. The van der Waals surface area contributed by atoms with Gasteiger partial charge in [-0.15, -0.1) is 0 Å². The maximum atomic E-state index is 15.1. The first-order valence-corrected chi connectivity index (χ1v) is 23.3. The van der Waals surface area contributed by atoms with Crippen molar-refractivity contribution in [3.8, 4) is 5.88 Å². The number of fused-ring (bicyclic) bond motifs is 3. The maximum absolute atomic E-state index is 15.1. The number of hydrogen-bond acceptors (Lipinski definition) is 11. The lowest BCUT2D eigenvalue weighted by Gasteiger charge is -2.35. The SMILES string of the molecule is CCC1CC(C)CCC=CC2CC2(C(=O)NS(=O)(=O)C2(C)CC2)NC(=O)C2CC(Oc3ncc(N4CCOCC4)c4ccccc34)CN2C(=O)C1NC(=O)OC(C)(C)C(C)(F)F. The summed E-state index contributed by atoms with van der Waals surface area (Å²) < 4.78 is 74.2. The minimum atomic E-state index is -4.06. The fraction of sp³-hybridized carbons (Fsp3) is 0.659. The van der Waals surface area contributed by atoms with Crippen LogP contribution in [0, 0.1) is 17.8 Å². The van der Waals surface area contributed by atoms with E-state index < -0.39 is 85.7 Å². The summed E-state index contributed by atoms with van der Waals surface area (Å²) in [6, 6.07) is 5.08. The lowest BCUT2D eigenvalue weighted by molar-refractivity contribution is -0.152. The Morgan fingerprint density at radius 1 is 1.08 bits per heavy atom. The molecule has 4 heterocycles. The molecule has 2 aromatic rings. The first kappa shape index (κ1) is 45.4. The smallest absolute Gasteiger partial charge is 0.408 e. The van der Waals surface area contributed by atoms with Crippen molar-refractivity contribution in [1.29, 1.82) is 0 Å². The number of allylic oxidation sites excluding steroid dienone is 1. The van der Waals surface area contributed by atoms with Gasteiger partial charge in [-0.25, -0.2) is 27.0 Å². The Morgan fingerprint density at radius 3 is 2.44 bits per heavy atom. The number of halogens is 2. The monoisotopic (exact) mass is 886 g/mol. The van der Waals surface area contributed by atoms with Crippen LogP contribution in [0.3, 0.4) is 0 Å². The number of rotatable bonds is 10. The molecular weight excluding hydrogens is 827 g/mol. The molecule has 18 heteroatoms. The Kier molecular flexibility index (Phi) is 12.6. The summed E-state index contributed by atoms with van der Waals surface area (Å²) in [6.45, 7) is 10.6. The molecule has 7 atom stereocenters. The molecule has 7 rings (SSSR count). The number of benzene rings is 1. The van der Waals surface area contributed by atoms with E-state index in [4.69, 9.17) is 19.2 Å². The quantitative estimate of drug-likeness (QED) is 0.266. The van der Waals surface area contributed by atoms with Crippen molar-refractivity contribution in [3.05, 3.63) is 42.6 Å². The molecule has 62 heavy (non-hydrogen) atoms. The summed E-state index contributed by atoms with van der Waals surface area (Å²) >= 11 is 0. The predicted molar refractivity (Wildman–Crippen MR) is 227 cm³/mol. The molecule has 3 N–H and O–H groups in total. The average molecular weight is 887 g/mol. The Hall–Kier alpha value is -4.58. The average Bonchev–Trinajstić information content (AvgIpc) is 4.10. The number of nitrogens with zero attached hydrogens (tertiary/aromatic N) is 3. The van der Waals surface area contributed by atoms with Crippen LogP contribution in [-0.4, -0.2) is 115 Å². The van der Waals surface area contributed by atoms with Gasteiger partial charge in [0.15, 0.2) is 5.60 Å². The highest BCUT2D eigenvalue weighted by atomic mass is 32.2. The van der Waals surface area contributed by atoms with E-state index >= 15 is 4.79 Å². The molecule has 2 aliphatic carbocycles. The van der Waals surface area contributed by atoms with E-state index in [2.05, 4.69) is 20.3 Å². The fourth-order valence-corrected chi connectivity index (χ4v) is 10.1. The topological polar surface area (TPSA) is 186 Å². The van der Waals surface area contributed by atoms with E-state index in [1.165, 1.54) is 4.90 Å². The lowest BCUT2D eigenvalue weighted by atomic mass is 9.85. The highest BCUT2D eigenvalue weighted by molar-refractivity contribution is 7.91. The van der Waals surface area contributed by atoms with Gasteiger partial charge in [0.05, 0.1) is 36.4 Å². The lowest BCUT2D eigenvalue weighted by Crippen LogP contribution is -2.60. The van der Waals surface area contributed by atoms with Crippen LogP contribution in [0.25, 0.3) is 10.8 Å². The number of anilines is 1. The van der Waals surface area contributed by atoms with Gasteiger partial charge in [-0.2, -0.15) is 0 Å². The number of pyridine rings is 1. The summed E-state index contributed by atoms with van der Waals surface area (Å²) in [6.07, 6.45) is 6.50. The van der Waals surface area contributed by atoms with Crippen LogP contribution in [0.15, 0.2) is 42.6 Å². The summed E-state index contributed by atoms with van der Waals surface area (Å²) in [7, 11) is -4.06. The molecule has 1 aromatic carbocycles. The van der Waals surface area contributed by atoms with Gasteiger partial charge in [0.25, 0.3) is 11.8 Å². The van der Waals surface area contributed by atoms with Crippen LogP contribution < -0.4 is 25.0 Å². The Bertz CT molecular complexity index is 2190. The second-order valence-electron chi connectivity index (χ2n) is 18.7. The van der Waals surface area contributed by atoms with Crippen LogP contribution in [0.4, 0.5) is 19.3 Å². The van der Waals surface area contributed by atoms with Crippen molar-refractivity contribution < 1.29 is 50.6 Å². The molecule has 15 nitrogen and oxygen atoms in total. The second kappa shape index (κ2) is 17.2. The number of amides is 4. The number of nitrogens with one attached hydrogen (secondary N) is 3. The first-order chi connectivity index (χ1) is 29.2. The van der Waals surface area contributed by atoms with Crippen LogP contribution in [-0.2, 0) is 33.9 Å². The molecule has 4 amide bonds. The molecule has 5 aliphatic rings. The van der Waals surface area contributed by atoms with Crippen molar-refractivity contribution >= 4 is 50.3 Å². The number of sulfonamides is 1. The van der Waals surface area contributed by atoms with Gasteiger partial charge >= 0.3 is 6.09 Å². The van der Waals surface area contributed by atoms with E-state index in [9.17, 15) is 31.6 Å². The predicted octanol–water partition coefficient (Wildman–Crippen LogP) is 5.22. The fourth-order valence-electron chi connectivity index (χ4n) is 8.75. The number of alkyl halides is 2. The van der Waals surface area contributed by atoms with Gasteiger partial charge in [0.1, 0.15) is 23.7 Å². The second-order valence-corrected chi connectivity index (χ2v) is 20.9. The molecule has 7 unspecified atom stereocenters. The van der Waals surface area contributed by atoms with E-state index in [0.717, 1.165) is 24.9 Å². The molecule has 4 fully saturated rings. The Labute approximate surface area is 362 Å². The zero-order valence-corrected chi connectivity index (χ0v) is 37.2. The molecule has 1 aromatic heterocycles. The third kappa shape index (κ3) is 9.22. The number of ether oxygens (including phenoxy) is 3. The Balaban J connectivity index is 1.24. The number of carbonyl (C=O) groups excluding carboxylic acids is 4. The largest absolute Gasteiger partial charge is 0.472 e. The van der Waals surface area contributed by atoms with Crippen molar-refractivity contribution in [1.82, 2.24) is 25.2 Å². The minimum Gasteiger partial charge on any atom is -0.472 e. The molecule has 2 saturated carbocycles. The zero-order chi connectivity index (χ0) is 44.8. The van der Waals surface area contributed by atoms with E-state index in [1.807, 2.05) is 50.3 Å². The summed E-state index contributed by atoms with van der Waals surface area (Å²) in [5.74, 6) is -6.34. The van der Waals surface area contributed by atoms with Crippen molar-refractivity contribution in [2.45, 2.75) is 133 Å². The summed E-state index contributed by atoms with van der Waals surface area (Å²) in [4.78, 5) is 65.6. The van der Waals surface area contributed by atoms with Crippen molar-refractivity contribution in [2.75, 3.05) is 37.7 Å². The van der Waals surface area contributed by atoms with Crippen LogP contribution >= 0.6 is 0 Å². The maximum Gasteiger partial charge on any atom is 0.408 e. The normalized spacial score (nSPS) is 29.4.